The van der Waals surface area contributed by atoms with Gasteiger partial charge in [0.1, 0.15) is 0 Å². The lowest BCUT2D eigenvalue weighted by atomic mass is 10.2. The van der Waals surface area contributed by atoms with Gasteiger partial charge in [0.25, 0.3) is 0 Å². The summed E-state index contributed by atoms with van der Waals surface area (Å²) in [6.07, 6.45) is 0.872. The molecule has 7 N–H and O–H groups in total. The number of carbonyl (C=O) groups excluding carboxylic acids is 1. The lowest BCUT2D eigenvalue weighted by molar-refractivity contribution is -0.120. The zero-order valence-electron chi connectivity index (χ0n) is 17.2. The average molecular weight is 427 g/mol. The molecule has 0 fully saturated rings. The van der Waals surface area contributed by atoms with Crippen LogP contribution in [0.2, 0.25) is 0 Å². The molecule has 0 bridgehead atoms. The van der Waals surface area contributed by atoms with Gasteiger partial charge in [-0.1, -0.05) is 67.9 Å². The summed E-state index contributed by atoms with van der Waals surface area (Å²) >= 11 is 1.64. The van der Waals surface area contributed by atoms with Gasteiger partial charge in [-0.3, -0.25) is 9.52 Å². The Kier molecular flexibility index (Phi) is 9.76. The van der Waals surface area contributed by atoms with Crippen LogP contribution in [0.3, 0.4) is 0 Å². The molecule has 8 heteroatoms. The summed E-state index contributed by atoms with van der Waals surface area (Å²) in [6.45, 7) is 6.76. The third-order valence-electron chi connectivity index (χ3n) is 4.30. The van der Waals surface area contributed by atoms with E-state index >= 15 is 0 Å². The van der Waals surface area contributed by atoms with Crippen molar-refractivity contribution in [3.63, 3.8) is 0 Å². The Morgan fingerprint density at radius 1 is 1.07 bits per heavy atom. The van der Waals surface area contributed by atoms with E-state index in [0.29, 0.717) is 12.2 Å². The molecule has 0 aliphatic heterocycles. The molecule has 0 aromatic heterocycles. The second-order valence-corrected chi connectivity index (χ2v) is 7.52. The van der Waals surface area contributed by atoms with Gasteiger partial charge in [0.05, 0.1) is 18.3 Å². The number of hydrogen-bond acceptors (Lipinski definition) is 5. The van der Waals surface area contributed by atoms with Crippen molar-refractivity contribution in [2.24, 2.45) is 16.5 Å². The van der Waals surface area contributed by atoms with Crippen LogP contribution in [0.25, 0.3) is 0 Å². The normalized spacial score (nSPS) is 11.4. The summed E-state index contributed by atoms with van der Waals surface area (Å²) in [5.74, 6) is 0.782. The highest BCUT2D eigenvalue weighted by atomic mass is 32.2. The molecule has 160 valence electrons. The standard InChI is InChI=1S/C22H30N6OS/c1-3-20(28-30-15-18-7-5-4-6-8-18)16(2)25-14-21(29)26-13-17-9-11-19(12-10-17)27-22(23)24/h4-12,20,25,28H,2-3,13-15H2,1H3,(H,26,29)(H4,23,24,27). The lowest BCUT2D eigenvalue weighted by Gasteiger charge is -2.20. The van der Waals surface area contributed by atoms with Crippen molar-refractivity contribution in [1.82, 2.24) is 15.4 Å². The first-order chi connectivity index (χ1) is 14.5. The van der Waals surface area contributed by atoms with Crippen LogP contribution in [-0.4, -0.2) is 24.5 Å². The molecule has 2 aromatic rings. The van der Waals surface area contributed by atoms with Crippen LogP contribution >= 0.6 is 11.9 Å². The van der Waals surface area contributed by atoms with E-state index < -0.39 is 0 Å². The zero-order chi connectivity index (χ0) is 21.8. The third kappa shape index (κ3) is 8.59. The number of nitrogens with two attached hydrogens (primary N) is 2. The van der Waals surface area contributed by atoms with Crippen molar-refractivity contribution in [2.75, 3.05) is 6.54 Å². The summed E-state index contributed by atoms with van der Waals surface area (Å²) in [6, 6.07) is 17.7. The molecule has 0 spiro atoms. The maximum atomic E-state index is 12.1. The summed E-state index contributed by atoms with van der Waals surface area (Å²) in [5, 5.41) is 6.00. The van der Waals surface area contributed by atoms with Gasteiger partial charge in [-0.25, -0.2) is 4.99 Å². The molecule has 0 heterocycles. The van der Waals surface area contributed by atoms with Crippen molar-refractivity contribution in [2.45, 2.75) is 31.7 Å². The highest BCUT2D eigenvalue weighted by molar-refractivity contribution is 7.96. The van der Waals surface area contributed by atoms with Gasteiger partial charge >= 0.3 is 0 Å². The predicted octanol–water partition coefficient (Wildman–Crippen LogP) is 2.53. The van der Waals surface area contributed by atoms with Crippen LogP contribution in [0.15, 0.2) is 71.9 Å². The minimum atomic E-state index is -0.101. The molecule has 0 saturated carbocycles. The molecule has 7 nitrogen and oxygen atoms in total. The van der Waals surface area contributed by atoms with Crippen LogP contribution in [0, 0.1) is 0 Å². The summed E-state index contributed by atoms with van der Waals surface area (Å²) in [4.78, 5) is 16.1. The molecule has 30 heavy (non-hydrogen) atoms. The van der Waals surface area contributed by atoms with E-state index in [1.54, 1.807) is 24.1 Å². The van der Waals surface area contributed by atoms with E-state index in [9.17, 15) is 4.79 Å². The van der Waals surface area contributed by atoms with Gasteiger partial charge in [-0.05, 0) is 29.7 Å². The molecule has 0 aliphatic carbocycles. The highest BCUT2D eigenvalue weighted by Gasteiger charge is 2.11. The van der Waals surface area contributed by atoms with Gasteiger partial charge in [-0.15, -0.1) is 0 Å². The Bertz CT molecular complexity index is 834. The maximum Gasteiger partial charge on any atom is 0.239 e. The predicted molar refractivity (Wildman–Crippen MR) is 126 cm³/mol. The molecule has 2 rings (SSSR count). The molecule has 1 unspecified atom stereocenters. The Morgan fingerprint density at radius 2 is 1.77 bits per heavy atom. The topological polar surface area (TPSA) is 118 Å². The number of aliphatic imine (C=N–C) groups is 1. The van der Waals surface area contributed by atoms with Gasteiger partial charge in [-0.2, -0.15) is 0 Å². The number of hydrogen-bond donors (Lipinski definition) is 5. The zero-order valence-corrected chi connectivity index (χ0v) is 18.0. The number of guanidine groups is 1. The quantitative estimate of drug-likeness (QED) is 0.202. The fraction of sp³-hybridized carbons (Fsp3) is 0.273. The van der Waals surface area contributed by atoms with E-state index in [1.165, 1.54) is 5.56 Å². The number of carbonyl (C=O) groups is 1. The number of rotatable bonds is 12. The first-order valence-corrected chi connectivity index (χ1v) is 10.8. The van der Waals surface area contributed by atoms with Gasteiger partial charge < -0.3 is 22.1 Å². The van der Waals surface area contributed by atoms with Crippen molar-refractivity contribution in [1.29, 1.82) is 0 Å². The molecular formula is C22H30N6OS. The number of amides is 1. The minimum Gasteiger partial charge on any atom is -0.379 e. The second-order valence-electron chi connectivity index (χ2n) is 6.71. The average Bonchev–Trinajstić information content (AvgIpc) is 2.75. The number of nitrogens with one attached hydrogen (secondary N) is 3. The Labute approximate surface area is 182 Å². The van der Waals surface area contributed by atoms with Crippen LogP contribution in [0.1, 0.15) is 24.5 Å². The smallest absolute Gasteiger partial charge is 0.239 e. The Morgan fingerprint density at radius 3 is 2.40 bits per heavy atom. The van der Waals surface area contributed by atoms with E-state index in [2.05, 4.69) is 46.0 Å². The molecule has 0 radical (unpaired) electrons. The lowest BCUT2D eigenvalue weighted by Crippen LogP contribution is -2.38. The fourth-order valence-corrected chi connectivity index (χ4v) is 3.57. The molecule has 1 atom stereocenters. The van der Waals surface area contributed by atoms with Crippen LogP contribution in [-0.2, 0) is 17.1 Å². The van der Waals surface area contributed by atoms with Gasteiger partial charge in [0, 0.05) is 18.0 Å². The van der Waals surface area contributed by atoms with Crippen LogP contribution in [0.4, 0.5) is 5.69 Å². The minimum absolute atomic E-state index is 0.0145. The summed E-state index contributed by atoms with van der Waals surface area (Å²) in [7, 11) is 0. The van der Waals surface area contributed by atoms with E-state index in [1.807, 2.05) is 30.3 Å². The Balaban J connectivity index is 1.69. The Hall–Kier alpha value is -2.97. The van der Waals surface area contributed by atoms with Crippen LogP contribution < -0.4 is 26.8 Å². The third-order valence-corrected chi connectivity index (χ3v) is 5.23. The second kappa shape index (κ2) is 12.6. The van der Waals surface area contributed by atoms with Gasteiger partial charge in [0.2, 0.25) is 5.91 Å². The highest BCUT2D eigenvalue weighted by Crippen LogP contribution is 2.13. The van der Waals surface area contributed by atoms with Crippen molar-refractivity contribution in [3.8, 4) is 0 Å². The monoisotopic (exact) mass is 426 g/mol. The first kappa shape index (κ1) is 23.3. The molecular weight excluding hydrogens is 396 g/mol. The molecule has 0 aliphatic rings. The van der Waals surface area contributed by atoms with E-state index in [-0.39, 0.29) is 24.5 Å². The van der Waals surface area contributed by atoms with Crippen LogP contribution in [0.5, 0.6) is 0 Å². The number of benzene rings is 2. The van der Waals surface area contributed by atoms with Gasteiger partial charge in [0.15, 0.2) is 5.96 Å². The van der Waals surface area contributed by atoms with E-state index in [0.717, 1.165) is 23.4 Å². The molecule has 1 amide bonds. The fourth-order valence-electron chi connectivity index (χ4n) is 2.62. The summed E-state index contributed by atoms with van der Waals surface area (Å²) < 4.78 is 3.41. The first-order valence-electron chi connectivity index (χ1n) is 9.77. The molecule has 0 saturated heterocycles. The van der Waals surface area contributed by atoms with E-state index in [4.69, 9.17) is 11.5 Å². The summed E-state index contributed by atoms with van der Waals surface area (Å²) in [5.41, 5.74) is 14.4. The maximum absolute atomic E-state index is 12.1. The SMILES string of the molecule is C=C(NCC(=O)NCc1ccc(N=C(N)N)cc1)C(CC)NSCc1ccccc1. The van der Waals surface area contributed by atoms with Crippen molar-refractivity contribution in [3.05, 3.63) is 78.0 Å². The largest absolute Gasteiger partial charge is 0.379 e. The van der Waals surface area contributed by atoms with Crippen molar-refractivity contribution < 1.29 is 4.79 Å². The van der Waals surface area contributed by atoms with Crippen molar-refractivity contribution >= 4 is 29.5 Å². The molecule has 2 aromatic carbocycles. The number of nitrogens with zero attached hydrogens (tertiary/aromatic N) is 1.